The lowest BCUT2D eigenvalue weighted by Crippen LogP contribution is -2.37. The minimum atomic E-state index is 0.214. The van der Waals surface area contributed by atoms with Crippen molar-refractivity contribution in [2.24, 2.45) is 16.3 Å². The van der Waals surface area contributed by atoms with Crippen LogP contribution in [0.3, 0.4) is 0 Å². The second kappa shape index (κ2) is 5.29. The van der Waals surface area contributed by atoms with Gasteiger partial charge in [0, 0.05) is 31.3 Å². The fourth-order valence-electron chi connectivity index (χ4n) is 1.59. The predicted molar refractivity (Wildman–Crippen MR) is 72.3 cm³/mol. The Morgan fingerprint density at radius 3 is 2.82 bits per heavy atom. The number of thioether (sulfide) groups is 1. The lowest BCUT2D eigenvalue weighted by Gasteiger charge is -2.27. The zero-order valence-corrected chi connectivity index (χ0v) is 11.4. The first kappa shape index (κ1) is 12.7. The minimum Gasteiger partial charge on any atom is -0.363 e. The highest BCUT2D eigenvalue weighted by molar-refractivity contribution is 8.13. The molecule has 5 heteroatoms. The fourth-order valence-corrected chi connectivity index (χ4v) is 2.57. The average molecular weight is 255 g/mol. The second-order valence-electron chi connectivity index (χ2n) is 5.57. The number of amidine groups is 1. The molecule has 1 fully saturated rings. The Morgan fingerprint density at radius 2 is 2.24 bits per heavy atom. The van der Waals surface area contributed by atoms with Gasteiger partial charge in [-0.25, -0.2) is 0 Å². The van der Waals surface area contributed by atoms with E-state index in [1.54, 1.807) is 11.8 Å². The SMILES string of the molecule is CC1(C)CN=C(NCCNC(=O)C2CC2)SC1. The van der Waals surface area contributed by atoms with Crippen molar-refractivity contribution in [2.75, 3.05) is 25.4 Å². The monoisotopic (exact) mass is 255 g/mol. The van der Waals surface area contributed by atoms with Gasteiger partial charge in [-0.2, -0.15) is 0 Å². The lowest BCUT2D eigenvalue weighted by atomic mass is 9.97. The molecule has 0 atom stereocenters. The van der Waals surface area contributed by atoms with Crippen molar-refractivity contribution in [3.8, 4) is 0 Å². The summed E-state index contributed by atoms with van der Waals surface area (Å²) in [7, 11) is 0. The van der Waals surface area contributed by atoms with Gasteiger partial charge in [-0.1, -0.05) is 25.6 Å². The van der Waals surface area contributed by atoms with Gasteiger partial charge < -0.3 is 10.6 Å². The van der Waals surface area contributed by atoms with Crippen LogP contribution in [0.1, 0.15) is 26.7 Å². The highest BCUT2D eigenvalue weighted by Gasteiger charge is 2.29. The topological polar surface area (TPSA) is 53.5 Å². The minimum absolute atomic E-state index is 0.214. The molecule has 1 aliphatic carbocycles. The highest BCUT2D eigenvalue weighted by atomic mass is 32.2. The van der Waals surface area contributed by atoms with Crippen LogP contribution in [0.2, 0.25) is 0 Å². The van der Waals surface area contributed by atoms with Gasteiger partial charge in [-0.15, -0.1) is 0 Å². The molecule has 0 aromatic heterocycles. The summed E-state index contributed by atoms with van der Waals surface area (Å²) < 4.78 is 0. The number of aliphatic imine (C=N–C) groups is 1. The standard InChI is InChI=1S/C12H21N3OS/c1-12(2)7-15-11(17-8-12)14-6-5-13-10(16)9-3-4-9/h9H,3-8H2,1-2H3,(H,13,16)(H,14,15). The maximum absolute atomic E-state index is 11.4. The first-order chi connectivity index (χ1) is 8.07. The second-order valence-corrected chi connectivity index (χ2v) is 6.53. The van der Waals surface area contributed by atoms with Gasteiger partial charge >= 0.3 is 0 Å². The van der Waals surface area contributed by atoms with E-state index in [9.17, 15) is 4.79 Å². The quantitative estimate of drug-likeness (QED) is 0.743. The number of amides is 1. The van der Waals surface area contributed by atoms with Crippen LogP contribution in [0.5, 0.6) is 0 Å². The summed E-state index contributed by atoms with van der Waals surface area (Å²) in [5.74, 6) is 1.62. The third-order valence-electron chi connectivity index (χ3n) is 2.90. The lowest BCUT2D eigenvalue weighted by molar-refractivity contribution is -0.122. The van der Waals surface area contributed by atoms with Crippen molar-refractivity contribution in [1.82, 2.24) is 10.6 Å². The van der Waals surface area contributed by atoms with Crippen LogP contribution in [0.15, 0.2) is 4.99 Å². The maximum atomic E-state index is 11.4. The number of nitrogens with zero attached hydrogens (tertiary/aromatic N) is 1. The molecule has 0 unspecified atom stereocenters. The van der Waals surface area contributed by atoms with Crippen molar-refractivity contribution in [1.29, 1.82) is 0 Å². The fraction of sp³-hybridized carbons (Fsp3) is 0.833. The first-order valence-electron chi connectivity index (χ1n) is 6.26. The van der Waals surface area contributed by atoms with E-state index in [-0.39, 0.29) is 5.91 Å². The van der Waals surface area contributed by atoms with Crippen molar-refractivity contribution >= 4 is 22.8 Å². The number of carbonyl (C=O) groups is 1. The van der Waals surface area contributed by atoms with E-state index < -0.39 is 0 Å². The molecule has 1 amide bonds. The highest BCUT2D eigenvalue weighted by Crippen LogP contribution is 2.28. The Kier molecular flexibility index (Phi) is 3.97. The number of hydrogen-bond donors (Lipinski definition) is 2. The molecule has 0 radical (unpaired) electrons. The Balaban J connectivity index is 1.59. The number of carbonyl (C=O) groups excluding carboxylic acids is 1. The molecule has 2 N–H and O–H groups in total. The third-order valence-corrected chi connectivity index (χ3v) is 4.37. The van der Waals surface area contributed by atoms with Crippen LogP contribution in [0.4, 0.5) is 0 Å². The average Bonchev–Trinajstić information content (AvgIpc) is 3.09. The van der Waals surface area contributed by atoms with Crippen LogP contribution in [0, 0.1) is 11.3 Å². The molecular formula is C12H21N3OS. The van der Waals surface area contributed by atoms with Gasteiger partial charge in [0.15, 0.2) is 5.17 Å². The molecule has 0 aromatic carbocycles. The van der Waals surface area contributed by atoms with E-state index in [4.69, 9.17) is 0 Å². The summed E-state index contributed by atoms with van der Waals surface area (Å²) in [5.41, 5.74) is 0.316. The molecule has 96 valence electrons. The largest absolute Gasteiger partial charge is 0.363 e. The summed E-state index contributed by atoms with van der Waals surface area (Å²) in [6.45, 7) is 6.81. The van der Waals surface area contributed by atoms with Crippen LogP contribution >= 0.6 is 11.8 Å². The Morgan fingerprint density at radius 1 is 1.47 bits per heavy atom. The van der Waals surface area contributed by atoms with E-state index in [0.29, 0.717) is 17.9 Å². The molecule has 1 heterocycles. The maximum Gasteiger partial charge on any atom is 0.223 e. The van der Waals surface area contributed by atoms with Crippen LogP contribution in [0.25, 0.3) is 0 Å². The Labute approximate surface area is 107 Å². The van der Waals surface area contributed by atoms with Crippen LogP contribution in [-0.4, -0.2) is 36.5 Å². The van der Waals surface area contributed by atoms with Gasteiger partial charge in [-0.3, -0.25) is 9.79 Å². The van der Waals surface area contributed by atoms with Gasteiger partial charge in [0.1, 0.15) is 0 Å². The van der Waals surface area contributed by atoms with E-state index in [2.05, 4.69) is 29.5 Å². The molecular weight excluding hydrogens is 234 g/mol. The predicted octanol–water partition coefficient (Wildman–Crippen LogP) is 1.23. The molecule has 2 rings (SSSR count). The third kappa shape index (κ3) is 4.22. The number of nitrogens with one attached hydrogen (secondary N) is 2. The van der Waals surface area contributed by atoms with Gasteiger partial charge in [0.05, 0.1) is 0 Å². The van der Waals surface area contributed by atoms with Crippen molar-refractivity contribution in [3.63, 3.8) is 0 Å². The molecule has 0 saturated heterocycles. The normalized spacial score (nSPS) is 22.8. The Bertz CT molecular complexity index is 324. The van der Waals surface area contributed by atoms with Crippen LogP contribution < -0.4 is 10.6 Å². The summed E-state index contributed by atoms with van der Waals surface area (Å²) in [6.07, 6.45) is 2.13. The summed E-state index contributed by atoms with van der Waals surface area (Å²) in [5, 5.41) is 7.23. The van der Waals surface area contributed by atoms with Crippen molar-refractivity contribution in [2.45, 2.75) is 26.7 Å². The van der Waals surface area contributed by atoms with Crippen molar-refractivity contribution < 1.29 is 4.79 Å². The van der Waals surface area contributed by atoms with Gasteiger partial charge in [0.2, 0.25) is 5.91 Å². The van der Waals surface area contributed by atoms with Gasteiger partial charge in [0.25, 0.3) is 0 Å². The van der Waals surface area contributed by atoms with E-state index in [1.807, 2.05) is 0 Å². The summed E-state index contributed by atoms with van der Waals surface area (Å²) in [4.78, 5) is 15.9. The van der Waals surface area contributed by atoms with Crippen molar-refractivity contribution in [3.05, 3.63) is 0 Å². The molecule has 1 aliphatic heterocycles. The van der Waals surface area contributed by atoms with E-state index >= 15 is 0 Å². The molecule has 4 nitrogen and oxygen atoms in total. The number of rotatable bonds is 4. The molecule has 0 bridgehead atoms. The van der Waals surface area contributed by atoms with E-state index in [0.717, 1.165) is 36.9 Å². The molecule has 0 aromatic rings. The van der Waals surface area contributed by atoms with E-state index in [1.165, 1.54) is 0 Å². The molecule has 17 heavy (non-hydrogen) atoms. The zero-order valence-electron chi connectivity index (χ0n) is 10.6. The molecule has 0 spiro atoms. The van der Waals surface area contributed by atoms with Gasteiger partial charge in [-0.05, 0) is 18.3 Å². The molecule has 2 aliphatic rings. The summed E-state index contributed by atoms with van der Waals surface area (Å²) in [6, 6.07) is 0. The molecule has 1 saturated carbocycles. The smallest absolute Gasteiger partial charge is 0.223 e. The van der Waals surface area contributed by atoms with Crippen LogP contribution in [-0.2, 0) is 4.79 Å². The first-order valence-corrected chi connectivity index (χ1v) is 7.24. The number of hydrogen-bond acceptors (Lipinski definition) is 4. The summed E-state index contributed by atoms with van der Waals surface area (Å²) >= 11 is 1.77. The zero-order chi connectivity index (χ0) is 12.3. The Hall–Kier alpha value is -0.710.